The Morgan fingerprint density at radius 1 is 1.33 bits per heavy atom. The Balaban J connectivity index is 1.60. The average molecular weight is 352 g/mol. The Bertz CT molecular complexity index is 888. The van der Waals surface area contributed by atoms with Crippen molar-refractivity contribution < 1.29 is 18.3 Å². The molecule has 126 valence electrons. The van der Waals surface area contributed by atoms with Crippen molar-refractivity contribution in [3.63, 3.8) is 0 Å². The maximum atomic E-state index is 12.8. The van der Waals surface area contributed by atoms with Gasteiger partial charge in [-0.15, -0.1) is 0 Å². The Kier molecular flexibility index (Phi) is 3.72. The number of amides is 1. The lowest BCUT2D eigenvalue weighted by molar-refractivity contribution is -0.140. The molecule has 1 fully saturated rings. The molecule has 24 heavy (non-hydrogen) atoms. The first kappa shape index (κ1) is 15.4. The maximum Gasteiger partial charge on any atom is 0.339 e. The lowest BCUT2D eigenvalue weighted by Gasteiger charge is -2.34. The van der Waals surface area contributed by atoms with Crippen LogP contribution < -0.4 is 10.4 Å². The molecule has 0 atom stereocenters. The monoisotopic (exact) mass is 351 g/mol. The van der Waals surface area contributed by atoms with Gasteiger partial charge in [0.05, 0.1) is 18.1 Å². The molecule has 0 bridgehead atoms. The fourth-order valence-corrected chi connectivity index (χ4v) is 3.47. The van der Waals surface area contributed by atoms with Crippen LogP contribution in [0.2, 0.25) is 5.02 Å². The molecule has 0 unspecified atom stereocenters. The second kappa shape index (κ2) is 5.77. The van der Waals surface area contributed by atoms with E-state index >= 15 is 0 Å². The number of ether oxygens (including phenoxy) is 1. The molecular weight excluding hydrogens is 337 g/mol. The molecule has 1 amide bonds. The first-order valence-corrected chi connectivity index (χ1v) is 8.23. The number of benzene rings is 1. The molecule has 2 aromatic rings. The third kappa shape index (κ3) is 2.55. The predicted molar refractivity (Wildman–Crippen MR) is 86.5 cm³/mol. The van der Waals surface area contributed by atoms with Crippen LogP contribution in [0, 0.1) is 0 Å². The summed E-state index contributed by atoms with van der Waals surface area (Å²) >= 11 is 6.25. The molecule has 7 heteroatoms. The average Bonchev–Trinajstić information content (AvgIpc) is 3.01. The largest absolute Gasteiger partial charge is 0.482 e. The van der Waals surface area contributed by atoms with Crippen LogP contribution in [0.5, 0.6) is 5.75 Å². The van der Waals surface area contributed by atoms with Crippen molar-refractivity contribution in [3.05, 3.63) is 38.7 Å². The standard InChI is InChI=1S/C17H15ClFNO4/c18-13-4-12-10-2-1-3-11(10)17(22)24-14(12)5-15(13)23-8-16(21)20-6-9(19)7-20/h4-5,9H,1-3,6-8H2. The highest BCUT2D eigenvalue weighted by molar-refractivity contribution is 6.32. The summed E-state index contributed by atoms with van der Waals surface area (Å²) in [6, 6.07) is 3.25. The van der Waals surface area contributed by atoms with E-state index in [9.17, 15) is 14.0 Å². The molecule has 1 aliphatic carbocycles. The smallest absolute Gasteiger partial charge is 0.339 e. The van der Waals surface area contributed by atoms with E-state index in [-0.39, 0.29) is 37.0 Å². The molecule has 2 aliphatic rings. The van der Waals surface area contributed by atoms with Crippen molar-refractivity contribution in [2.75, 3.05) is 19.7 Å². The van der Waals surface area contributed by atoms with Gasteiger partial charge in [0.15, 0.2) is 6.61 Å². The van der Waals surface area contributed by atoms with Gasteiger partial charge in [-0.2, -0.15) is 0 Å². The van der Waals surface area contributed by atoms with E-state index in [0.29, 0.717) is 10.6 Å². The summed E-state index contributed by atoms with van der Waals surface area (Å²) in [5, 5.41) is 1.17. The van der Waals surface area contributed by atoms with Crippen molar-refractivity contribution >= 4 is 28.5 Å². The Morgan fingerprint density at radius 2 is 2.08 bits per heavy atom. The Labute approximate surface area is 141 Å². The molecule has 5 nitrogen and oxygen atoms in total. The highest BCUT2D eigenvalue weighted by Gasteiger charge is 2.30. The van der Waals surface area contributed by atoms with E-state index < -0.39 is 6.17 Å². The molecule has 1 aliphatic heterocycles. The lowest BCUT2D eigenvalue weighted by Crippen LogP contribution is -2.52. The number of alkyl halides is 1. The van der Waals surface area contributed by atoms with E-state index in [4.69, 9.17) is 20.8 Å². The number of hydrogen-bond donors (Lipinski definition) is 0. The summed E-state index contributed by atoms with van der Waals surface area (Å²) in [6.45, 7) is -0.0174. The van der Waals surface area contributed by atoms with Crippen molar-refractivity contribution in [1.82, 2.24) is 4.90 Å². The molecular formula is C17H15ClFNO4. The van der Waals surface area contributed by atoms with Crippen LogP contribution >= 0.6 is 11.6 Å². The minimum Gasteiger partial charge on any atom is -0.482 e. The van der Waals surface area contributed by atoms with Crippen LogP contribution in [0.4, 0.5) is 4.39 Å². The van der Waals surface area contributed by atoms with Gasteiger partial charge in [-0.05, 0) is 30.9 Å². The van der Waals surface area contributed by atoms with Gasteiger partial charge in [-0.3, -0.25) is 4.79 Å². The quantitative estimate of drug-likeness (QED) is 0.797. The topological polar surface area (TPSA) is 59.8 Å². The predicted octanol–water partition coefficient (Wildman–Crippen LogP) is 2.49. The van der Waals surface area contributed by atoms with Gasteiger partial charge in [0, 0.05) is 17.0 Å². The van der Waals surface area contributed by atoms with Gasteiger partial charge in [0.25, 0.3) is 5.91 Å². The fraction of sp³-hybridized carbons (Fsp3) is 0.412. The van der Waals surface area contributed by atoms with Crippen LogP contribution in [0.3, 0.4) is 0 Å². The fourth-order valence-electron chi connectivity index (χ4n) is 3.25. The van der Waals surface area contributed by atoms with Gasteiger partial charge < -0.3 is 14.1 Å². The molecule has 0 radical (unpaired) electrons. The zero-order valence-electron chi connectivity index (χ0n) is 12.8. The van der Waals surface area contributed by atoms with E-state index in [1.807, 2.05) is 0 Å². The van der Waals surface area contributed by atoms with Crippen LogP contribution in [0.25, 0.3) is 11.0 Å². The molecule has 1 aromatic carbocycles. The summed E-state index contributed by atoms with van der Waals surface area (Å²) in [5.74, 6) is -0.0218. The van der Waals surface area contributed by atoms with Gasteiger partial charge in [-0.1, -0.05) is 11.6 Å². The molecule has 2 heterocycles. The first-order valence-electron chi connectivity index (χ1n) is 7.85. The van der Waals surface area contributed by atoms with Gasteiger partial charge in [0.2, 0.25) is 0 Å². The minimum atomic E-state index is -0.949. The van der Waals surface area contributed by atoms with Crippen LogP contribution in [0.1, 0.15) is 17.5 Å². The zero-order valence-corrected chi connectivity index (χ0v) is 13.6. The summed E-state index contributed by atoms with van der Waals surface area (Å²) in [4.78, 5) is 25.2. The normalized spacial score (nSPS) is 17.0. The number of likely N-dealkylation sites (tertiary alicyclic amines) is 1. The molecule has 1 aromatic heterocycles. The summed E-state index contributed by atoms with van der Waals surface area (Å²) in [7, 11) is 0. The van der Waals surface area contributed by atoms with E-state index in [2.05, 4.69) is 0 Å². The molecule has 0 spiro atoms. The minimum absolute atomic E-state index is 0.106. The van der Waals surface area contributed by atoms with Gasteiger partial charge >= 0.3 is 5.63 Å². The van der Waals surface area contributed by atoms with Crippen LogP contribution in [0.15, 0.2) is 21.3 Å². The molecule has 1 saturated heterocycles. The number of halogens is 2. The first-order chi connectivity index (χ1) is 11.5. The van der Waals surface area contributed by atoms with Crippen molar-refractivity contribution in [1.29, 1.82) is 0 Å². The van der Waals surface area contributed by atoms with Gasteiger partial charge in [0.1, 0.15) is 17.5 Å². The molecule has 0 N–H and O–H groups in total. The van der Waals surface area contributed by atoms with Crippen molar-refractivity contribution in [2.45, 2.75) is 25.4 Å². The Hall–Kier alpha value is -2.08. The van der Waals surface area contributed by atoms with E-state index in [1.165, 1.54) is 4.90 Å². The second-order valence-electron chi connectivity index (χ2n) is 6.16. The van der Waals surface area contributed by atoms with Crippen LogP contribution in [-0.2, 0) is 17.6 Å². The number of carbonyl (C=O) groups excluding carboxylic acids is 1. The third-order valence-corrected chi connectivity index (χ3v) is 4.86. The van der Waals surface area contributed by atoms with E-state index in [1.54, 1.807) is 12.1 Å². The number of aryl methyl sites for hydroxylation is 1. The van der Waals surface area contributed by atoms with Crippen LogP contribution in [-0.4, -0.2) is 36.7 Å². The third-order valence-electron chi connectivity index (χ3n) is 4.57. The van der Waals surface area contributed by atoms with Crippen molar-refractivity contribution in [3.8, 4) is 5.75 Å². The maximum absolute atomic E-state index is 12.8. The highest BCUT2D eigenvalue weighted by atomic mass is 35.5. The number of fused-ring (bicyclic) bond motifs is 3. The molecule has 0 saturated carbocycles. The van der Waals surface area contributed by atoms with Crippen molar-refractivity contribution in [2.24, 2.45) is 0 Å². The summed E-state index contributed by atoms with van der Waals surface area (Å²) in [6.07, 6.45) is 1.53. The second-order valence-corrected chi connectivity index (χ2v) is 6.57. The van der Waals surface area contributed by atoms with E-state index in [0.717, 1.165) is 35.8 Å². The number of nitrogens with zero attached hydrogens (tertiary/aromatic N) is 1. The zero-order chi connectivity index (χ0) is 16.8. The summed E-state index contributed by atoms with van der Waals surface area (Å²) in [5.41, 5.74) is 1.79. The summed E-state index contributed by atoms with van der Waals surface area (Å²) < 4.78 is 23.6. The van der Waals surface area contributed by atoms with Gasteiger partial charge in [-0.25, -0.2) is 9.18 Å². The Morgan fingerprint density at radius 3 is 2.83 bits per heavy atom. The lowest BCUT2D eigenvalue weighted by atomic mass is 10.1. The number of hydrogen-bond acceptors (Lipinski definition) is 4. The number of rotatable bonds is 3. The highest BCUT2D eigenvalue weighted by Crippen LogP contribution is 2.34. The molecule has 4 rings (SSSR count). The number of carbonyl (C=O) groups is 1. The SMILES string of the molecule is O=C(COc1cc2oc(=O)c3c(c2cc1Cl)CCC3)N1CC(F)C1.